The number of anilines is 2. The smallest absolute Gasteiger partial charge is 0.203 e. The van der Waals surface area contributed by atoms with E-state index < -0.39 is 0 Å². The number of nitriles is 1. The van der Waals surface area contributed by atoms with Gasteiger partial charge in [-0.25, -0.2) is 15.0 Å². The van der Waals surface area contributed by atoms with Gasteiger partial charge in [-0.05, 0) is 12.7 Å². The first-order chi connectivity index (χ1) is 12.8. The Morgan fingerprint density at radius 3 is 2.73 bits per heavy atom. The van der Waals surface area contributed by atoms with E-state index in [1.54, 1.807) is 18.7 Å². The molecule has 0 spiro atoms. The van der Waals surface area contributed by atoms with Crippen molar-refractivity contribution in [1.29, 1.82) is 5.26 Å². The Labute approximate surface area is 153 Å². The molecule has 130 valence electrons. The average molecular weight is 365 g/mol. The van der Waals surface area contributed by atoms with Crippen LogP contribution in [0.3, 0.4) is 0 Å². The van der Waals surface area contributed by atoms with E-state index in [0.717, 1.165) is 36.8 Å². The molecule has 0 radical (unpaired) electrons. The summed E-state index contributed by atoms with van der Waals surface area (Å²) in [6, 6.07) is 2.83. The fraction of sp³-hybridized carbons (Fsp3) is 0.375. The number of thioether (sulfide) groups is 1. The Hall–Kier alpha value is -2.93. The van der Waals surface area contributed by atoms with Gasteiger partial charge in [0.2, 0.25) is 5.65 Å². The Morgan fingerprint density at radius 1 is 1.19 bits per heavy atom. The van der Waals surface area contributed by atoms with Crippen LogP contribution in [0.25, 0.3) is 5.65 Å². The third-order valence-corrected chi connectivity index (χ3v) is 5.59. The van der Waals surface area contributed by atoms with Crippen LogP contribution >= 0.6 is 11.8 Å². The van der Waals surface area contributed by atoms with Crippen molar-refractivity contribution in [3.8, 4) is 6.07 Å². The molecule has 0 aromatic carbocycles. The summed E-state index contributed by atoms with van der Waals surface area (Å²) in [5.74, 6) is 1.61. The molecule has 0 amide bonds. The lowest BCUT2D eigenvalue weighted by Gasteiger charge is -2.35. The maximum absolute atomic E-state index is 9.44. The lowest BCUT2D eigenvalue weighted by Crippen LogP contribution is -2.47. The first-order valence-electron chi connectivity index (χ1n) is 8.27. The molecule has 2 aliphatic rings. The average Bonchev–Trinajstić information content (AvgIpc) is 3.41. The van der Waals surface area contributed by atoms with Gasteiger partial charge in [-0.15, -0.1) is 10.2 Å². The van der Waals surface area contributed by atoms with Crippen molar-refractivity contribution in [2.24, 2.45) is 0 Å². The van der Waals surface area contributed by atoms with E-state index in [1.165, 1.54) is 11.8 Å². The maximum Gasteiger partial charge on any atom is 0.203 e. The van der Waals surface area contributed by atoms with Gasteiger partial charge in [-0.1, -0.05) is 11.8 Å². The lowest BCUT2D eigenvalue weighted by molar-refractivity contribution is 0.631. The summed E-state index contributed by atoms with van der Waals surface area (Å²) in [6.07, 6.45) is 9.89. The summed E-state index contributed by atoms with van der Waals surface area (Å²) in [6.45, 7) is 1.63. The minimum absolute atomic E-state index is 0.293. The minimum atomic E-state index is 0.293. The van der Waals surface area contributed by atoms with Gasteiger partial charge in [0.25, 0.3) is 0 Å². The van der Waals surface area contributed by atoms with E-state index in [0.29, 0.717) is 22.8 Å². The van der Waals surface area contributed by atoms with E-state index in [9.17, 15) is 5.26 Å². The quantitative estimate of drug-likeness (QED) is 0.496. The first-order valence-corrected chi connectivity index (χ1v) is 9.49. The molecule has 0 N–H and O–H groups in total. The second-order valence-corrected chi connectivity index (χ2v) is 7.14. The molecule has 0 saturated carbocycles. The lowest BCUT2D eigenvalue weighted by atomic mass is 10.2. The Morgan fingerprint density at radius 2 is 2.00 bits per heavy atom. The second kappa shape index (κ2) is 5.81. The molecule has 26 heavy (non-hydrogen) atoms. The molecule has 2 atom stereocenters. The first kappa shape index (κ1) is 15.3. The molecule has 2 unspecified atom stereocenters. The van der Waals surface area contributed by atoms with Gasteiger partial charge in [0.1, 0.15) is 18.0 Å². The van der Waals surface area contributed by atoms with Crippen LogP contribution in [-0.2, 0) is 0 Å². The highest BCUT2D eigenvalue weighted by atomic mass is 32.2. The van der Waals surface area contributed by atoms with Crippen molar-refractivity contribution in [2.45, 2.75) is 23.7 Å². The van der Waals surface area contributed by atoms with E-state index in [2.05, 4.69) is 41.0 Å². The number of nitrogens with zero attached hydrogens (tertiary/aromatic N) is 9. The van der Waals surface area contributed by atoms with E-state index in [1.807, 2.05) is 16.9 Å². The van der Waals surface area contributed by atoms with Crippen LogP contribution in [0.1, 0.15) is 12.0 Å². The van der Waals surface area contributed by atoms with Gasteiger partial charge in [-0.3, -0.25) is 4.40 Å². The van der Waals surface area contributed by atoms with Crippen LogP contribution < -0.4 is 9.80 Å². The molecule has 2 fully saturated rings. The monoisotopic (exact) mass is 365 g/mol. The molecular weight excluding hydrogens is 350 g/mol. The molecule has 0 aliphatic carbocycles. The largest absolute Gasteiger partial charge is 0.348 e. The summed E-state index contributed by atoms with van der Waals surface area (Å²) in [5.41, 5.74) is 1.30. The van der Waals surface area contributed by atoms with Gasteiger partial charge in [0, 0.05) is 25.5 Å². The third kappa shape index (κ3) is 2.20. The van der Waals surface area contributed by atoms with Crippen molar-refractivity contribution < 1.29 is 0 Å². The molecule has 9 nitrogen and oxygen atoms in total. The standard InChI is InChI=1S/C16H15N9S/c1-26-16-19-6-10(5-17)13(21-16)24-7-12-4-11(24)8-25(12)14-15-22-20-9-23(15)3-2-18-14/h2-3,6,9,11-12H,4,7-8H2,1H3. The van der Waals surface area contributed by atoms with Crippen molar-refractivity contribution in [3.05, 3.63) is 30.5 Å². The van der Waals surface area contributed by atoms with Gasteiger partial charge < -0.3 is 9.80 Å². The molecule has 3 aromatic rings. The fourth-order valence-electron chi connectivity index (χ4n) is 3.89. The summed E-state index contributed by atoms with van der Waals surface area (Å²) >= 11 is 1.48. The number of rotatable bonds is 3. The molecule has 2 aliphatic heterocycles. The summed E-state index contributed by atoms with van der Waals surface area (Å²) in [7, 11) is 0. The number of piperazine rings is 1. The number of fused-ring (bicyclic) bond motifs is 3. The van der Waals surface area contributed by atoms with Crippen LogP contribution in [-0.4, -0.2) is 61.0 Å². The molecular formula is C16H15N9S. The van der Waals surface area contributed by atoms with Crippen molar-refractivity contribution in [2.75, 3.05) is 29.1 Å². The highest BCUT2D eigenvalue weighted by Gasteiger charge is 2.45. The van der Waals surface area contributed by atoms with Crippen LogP contribution in [0.4, 0.5) is 11.6 Å². The van der Waals surface area contributed by atoms with Crippen LogP contribution in [0.15, 0.2) is 30.1 Å². The second-order valence-electron chi connectivity index (χ2n) is 6.37. The van der Waals surface area contributed by atoms with Crippen molar-refractivity contribution in [1.82, 2.24) is 29.5 Å². The Balaban J connectivity index is 1.46. The van der Waals surface area contributed by atoms with Gasteiger partial charge in [0.15, 0.2) is 16.8 Å². The molecule has 5 rings (SSSR count). The van der Waals surface area contributed by atoms with Gasteiger partial charge in [-0.2, -0.15) is 5.26 Å². The Kier molecular flexibility index (Phi) is 3.43. The topological polar surface area (TPSA) is 99.1 Å². The highest BCUT2D eigenvalue weighted by Crippen LogP contribution is 2.38. The Bertz CT molecular complexity index is 1030. The van der Waals surface area contributed by atoms with Gasteiger partial charge in [0.05, 0.1) is 18.3 Å². The molecule has 2 bridgehead atoms. The zero-order valence-electron chi connectivity index (χ0n) is 14.0. The summed E-state index contributed by atoms with van der Waals surface area (Å²) in [4.78, 5) is 17.9. The highest BCUT2D eigenvalue weighted by molar-refractivity contribution is 7.98. The number of aromatic nitrogens is 6. The number of hydrogen-bond donors (Lipinski definition) is 0. The molecule has 5 heterocycles. The van der Waals surface area contributed by atoms with Crippen LogP contribution in [0.2, 0.25) is 0 Å². The molecule has 3 aromatic heterocycles. The summed E-state index contributed by atoms with van der Waals surface area (Å²) in [5, 5.41) is 18.3. The van der Waals surface area contributed by atoms with Crippen LogP contribution in [0.5, 0.6) is 0 Å². The predicted molar refractivity (Wildman–Crippen MR) is 96.2 cm³/mol. The summed E-state index contributed by atoms with van der Waals surface area (Å²) < 4.78 is 1.88. The normalized spacial score (nSPS) is 21.5. The van der Waals surface area contributed by atoms with Crippen molar-refractivity contribution >= 4 is 29.0 Å². The van der Waals surface area contributed by atoms with E-state index in [-0.39, 0.29) is 0 Å². The van der Waals surface area contributed by atoms with E-state index >= 15 is 0 Å². The van der Waals surface area contributed by atoms with Gasteiger partial charge >= 0.3 is 0 Å². The SMILES string of the molecule is CSc1ncc(C#N)c(N2CC3CC2CN3c2nccn3cnnc23)n1. The molecule has 10 heteroatoms. The molecule has 2 saturated heterocycles. The van der Waals surface area contributed by atoms with Crippen molar-refractivity contribution in [3.63, 3.8) is 0 Å². The maximum atomic E-state index is 9.44. The number of hydrogen-bond acceptors (Lipinski definition) is 9. The minimum Gasteiger partial charge on any atom is -0.348 e. The third-order valence-electron chi connectivity index (χ3n) is 5.03. The van der Waals surface area contributed by atoms with Crippen LogP contribution in [0, 0.1) is 11.3 Å². The fourth-order valence-corrected chi connectivity index (χ4v) is 4.22. The zero-order valence-corrected chi connectivity index (χ0v) is 14.8. The zero-order chi connectivity index (χ0) is 17.7. The van der Waals surface area contributed by atoms with E-state index in [4.69, 9.17) is 0 Å². The predicted octanol–water partition coefficient (Wildman–Crippen LogP) is 0.975.